The van der Waals surface area contributed by atoms with Crippen molar-refractivity contribution >= 4 is 11.9 Å². The fraction of sp³-hybridized carbons (Fsp3) is 0.222. The van der Waals surface area contributed by atoms with Gasteiger partial charge in [-0.1, -0.05) is 60.2 Å². The van der Waals surface area contributed by atoms with Gasteiger partial charge in [0.25, 0.3) is 0 Å². The van der Waals surface area contributed by atoms with Crippen molar-refractivity contribution < 1.29 is 4.79 Å². The molecule has 2 aromatic carbocycles. The van der Waals surface area contributed by atoms with Crippen molar-refractivity contribution in [2.45, 2.75) is 18.9 Å². The van der Waals surface area contributed by atoms with Gasteiger partial charge in [0.2, 0.25) is 5.91 Å². The number of hydrogen-bond acceptors (Lipinski definition) is 3. The lowest BCUT2D eigenvalue weighted by Gasteiger charge is -2.37. The SMILES string of the molecule is Cc1cccc([C@]2(c3ccccc3)CC(=O)N(C)C(N)=N2)c1. The molecule has 0 aliphatic carbocycles. The summed E-state index contributed by atoms with van der Waals surface area (Å²) in [5, 5.41) is 0. The zero-order valence-corrected chi connectivity index (χ0v) is 12.8. The highest BCUT2D eigenvalue weighted by Crippen LogP contribution is 2.40. The summed E-state index contributed by atoms with van der Waals surface area (Å²) in [7, 11) is 1.66. The van der Waals surface area contributed by atoms with E-state index in [2.05, 4.69) is 6.07 Å². The molecule has 1 heterocycles. The molecule has 0 spiro atoms. The van der Waals surface area contributed by atoms with E-state index in [1.807, 2.05) is 55.5 Å². The summed E-state index contributed by atoms with van der Waals surface area (Å²) in [5.74, 6) is 0.222. The van der Waals surface area contributed by atoms with Gasteiger partial charge in [-0.2, -0.15) is 0 Å². The van der Waals surface area contributed by atoms with Gasteiger partial charge in [0.15, 0.2) is 5.96 Å². The first kappa shape index (κ1) is 14.3. The topological polar surface area (TPSA) is 58.7 Å². The highest BCUT2D eigenvalue weighted by Gasteiger charge is 2.41. The summed E-state index contributed by atoms with van der Waals surface area (Å²) in [6, 6.07) is 18.0. The molecule has 2 aromatic rings. The van der Waals surface area contributed by atoms with Gasteiger partial charge in [-0.25, -0.2) is 4.99 Å². The highest BCUT2D eigenvalue weighted by atomic mass is 16.2. The fourth-order valence-electron chi connectivity index (χ4n) is 2.89. The zero-order valence-electron chi connectivity index (χ0n) is 12.8. The van der Waals surface area contributed by atoms with E-state index in [0.29, 0.717) is 0 Å². The molecule has 1 atom stereocenters. The molecule has 0 fully saturated rings. The number of hydrogen-bond donors (Lipinski definition) is 1. The number of guanidine groups is 1. The van der Waals surface area contributed by atoms with Crippen LogP contribution in [-0.4, -0.2) is 23.8 Å². The normalized spacial score (nSPS) is 21.6. The molecule has 4 nitrogen and oxygen atoms in total. The molecular formula is C18H19N3O. The van der Waals surface area contributed by atoms with Crippen LogP contribution >= 0.6 is 0 Å². The average molecular weight is 293 g/mol. The van der Waals surface area contributed by atoms with Gasteiger partial charge in [0, 0.05) is 7.05 Å². The van der Waals surface area contributed by atoms with Crippen molar-refractivity contribution in [2.75, 3.05) is 7.05 Å². The van der Waals surface area contributed by atoms with Gasteiger partial charge in [0.1, 0.15) is 5.54 Å². The number of nitrogens with zero attached hydrogens (tertiary/aromatic N) is 2. The van der Waals surface area contributed by atoms with Crippen LogP contribution in [0, 0.1) is 6.92 Å². The van der Waals surface area contributed by atoms with Crippen LogP contribution in [-0.2, 0) is 10.3 Å². The molecule has 1 aliphatic heterocycles. The lowest BCUT2D eigenvalue weighted by atomic mass is 9.79. The second-order valence-electron chi connectivity index (χ2n) is 5.70. The average Bonchev–Trinajstić information content (AvgIpc) is 2.53. The number of aryl methyl sites for hydroxylation is 1. The van der Waals surface area contributed by atoms with Gasteiger partial charge in [0.05, 0.1) is 6.42 Å². The Morgan fingerprint density at radius 3 is 2.41 bits per heavy atom. The number of rotatable bonds is 2. The summed E-state index contributed by atoms with van der Waals surface area (Å²) in [6.07, 6.45) is 0.275. The number of benzene rings is 2. The summed E-state index contributed by atoms with van der Waals surface area (Å²) in [4.78, 5) is 18.6. The molecule has 4 heteroatoms. The summed E-state index contributed by atoms with van der Waals surface area (Å²) >= 11 is 0. The lowest BCUT2D eigenvalue weighted by Crippen LogP contribution is -2.49. The maximum absolute atomic E-state index is 12.4. The Bertz CT molecular complexity index is 739. The molecule has 1 aliphatic rings. The third kappa shape index (κ3) is 2.26. The Hall–Kier alpha value is -2.62. The van der Waals surface area contributed by atoms with E-state index in [1.54, 1.807) is 7.05 Å². The molecule has 0 aromatic heterocycles. The monoisotopic (exact) mass is 293 g/mol. The standard InChI is InChI=1S/C18H19N3O/c1-13-7-6-10-15(11-13)18(14-8-4-3-5-9-14)12-16(22)21(2)17(19)20-18/h3-11H,12H2,1-2H3,(H2,19,20)/t18-/m1/s1. The van der Waals surface area contributed by atoms with E-state index in [-0.39, 0.29) is 18.3 Å². The number of aliphatic imine (C=N–C) groups is 1. The van der Waals surface area contributed by atoms with Crippen molar-refractivity contribution in [3.05, 3.63) is 71.3 Å². The Morgan fingerprint density at radius 2 is 1.77 bits per heavy atom. The van der Waals surface area contributed by atoms with Crippen molar-refractivity contribution in [1.29, 1.82) is 0 Å². The molecule has 0 saturated heterocycles. The molecule has 3 rings (SSSR count). The van der Waals surface area contributed by atoms with Crippen LogP contribution in [0.3, 0.4) is 0 Å². The third-order valence-corrected chi connectivity index (χ3v) is 4.18. The molecule has 2 N–H and O–H groups in total. The number of nitrogens with two attached hydrogens (primary N) is 1. The first-order chi connectivity index (χ1) is 10.5. The van der Waals surface area contributed by atoms with Crippen molar-refractivity contribution in [3.8, 4) is 0 Å². The predicted molar refractivity (Wildman–Crippen MR) is 87.4 cm³/mol. The zero-order chi connectivity index (χ0) is 15.7. The summed E-state index contributed by atoms with van der Waals surface area (Å²) in [5.41, 5.74) is 8.36. The van der Waals surface area contributed by atoms with E-state index in [4.69, 9.17) is 10.7 Å². The minimum Gasteiger partial charge on any atom is -0.369 e. The van der Waals surface area contributed by atoms with Gasteiger partial charge in [-0.15, -0.1) is 0 Å². The van der Waals surface area contributed by atoms with E-state index >= 15 is 0 Å². The molecule has 112 valence electrons. The first-order valence-electron chi connectivity index (χ1n) is 7.27. The van der Waals surface area contributed by atoms with Crippen LogP contribution in [0.4, 0.5) is 0 Å². The minimum atomic E-state index is -0.749. The Kier molecular flexibility index (Phi) is 3.45. The van der Waals surface area contributed by atoms with Crippen molar-refractivity contribution in [2.24, 2.45) is 10.7 Å². The summed E-state index contributed by atoms with van der Waals surface area (Å²) < 4.78 is 0. The van der Waals surface area contributed by atoms with Crippen molar-refractivity contribution in [1.82, 2.24) is 4.90 Å². The fourth-order valence-corrected chi connectivity index (χ4v) is 2.89. The summed E-state index contributed by atoms with van der Waals surface area (Å²) in [6.45, 7) is 2.03. The van der Waals surface area contributed by atoms with Gasteiger partial charge >= 0.3 is 0 Å². The molecule has 0 saturated carbocycles. The Balaban J connectivity index is 2.27. The molecule has 0 bridgehead atoms. The van der Waals surface area contributed by atoms with E-state index in [1.165, 1.54) is 4.90 Å². The van der Waals surface area contributed by atoms with Crippen LogP contribution in [0.15, 0.2) is 59.6 Å². The second kappa shape index (κ2) is 5.30. The lowest BCUT2D eigenvalue weighted by molar-refractivity contribution is -0.128. The van der Waals surface area contributed by atoms with Crippen LogP contribution < -0.4 is 5.73 Å². The number of amides is 1. The molecule has 0 unspecified atom stereocenters. The van der Waals surface area contributed by atoms with Gasteiger partial charge in [-0.05, 0) is 18.1 Å². The highest BCUT2D eigenvalue weighted by molar-refractivity contribution is 5.99. The van der Waals surface area contributed by atoms with Gasteiger partial charge < -0.3 is 5.73 Å². The van der Waals surface area contributed by atoms with E-state index in [9.17, 15) is 4.79 Å². The van der Waals surface area contributed by atoms with Crippen molar-refractivity contribution in [3.63, 3.8) is 0 Å². The Morgan fingerprint density at radius 1 is 1.09 bits per heavy atom. The quantitative estimate of drug-likeness (QED) is 0.924. The van der Waals surface area contributed by atoms with Crippen LogP contribution in [0.2, 0.25) is 0 Å². The molecular weight excluding hydrogens is 274 g/mol. The first-order valence-corrected chi connectivity index (χ1v) is 7.27. The maximum Gasteiger partial charge on any atom is 0.232 e. The predicted octanol–water partition coefficient (Wildman–Crippen LogP) is 2.42. The third-order valence-electron chi connectivity index (χ3n) is 4.18. The Labute approximate surface area is 130 Å². The van der Waals surface area contributed by atoms with Gasteiger partial charge in [-0.3, -0.25) is 9.69 Å². The second-order valence-corrected chi connectivity index (χ2v) is 5.70. The van der Waals surface area contributed by atoms with Crippen LogP contribution in [0.5, 0.6) is 0 Å². The van der Waals surface area contributed by atoms with E-state index in [0.717, 1.165) is 16.7 Å². The largest absolute Gasteiger partial charge is 0.369 e. The molecule has 22 heavy (non-hydrogen) atoms. The molecule has 0 radical (unpaired) electrons. The van der Waals surface area contributed by atoms with Crippen LogP contribution in [0.25, 0.3) is 0 Å². The minimum absolute atomic E-state index is 0.0298. The number of carbonyl (C=O) groups is 1. The van der Waals surface area contributed by atoms with Crippen LogP contribution in [0.1, 0.15) is 23.1 Å². The smallest absolute Gasteiger partial charge is 0.232 e. The number of carbonyl (C=O) groups excluding carboxylic acids is 1. The maximum atomic E-state index is 12.4. The molecule has 1 amide bonds. The van der Waals surface area contributed by atoms with E-state index < -0.39 is 5.54 Å².